The fourth-order valence-electron chi connectivity index (χ4n) is 4.88. The Bertz CT molecular complexity index is 1730. The number of aryl methyl sites for hydroxylation is 1. The van der Waals surface area contributed by atoms with Gasteiger partial charge in [0.1, 0.15) is 15.9 Å². The summed E-state index contributed by atoms with van der Waals surface area (Å²) in [5.74, 6) is -2.28. The van der Waals surface area contributed by atoms with Crippen LogP contribution in [0.5, 0.6) is 5.75 Å². The molecule has 3 rings (SSSR count). The molecule has 2 aromatic rings. The molecule has 0 saturated heterocycles. The average molecular weight is 679 g/mol. The number of Topliss-reactive ketones (excluding diaryl/α,β-unsaturated/α-hetero) is 1. The summed E-state index contributed by atoms with van der Waals surface area (Å²) >= 11 is 0. The van der Waals surface area contributed by atoms with Gasteiger partial charge in [-0.3, -0.25) is 24.1 Å². The quantitative estimate of drug-likeness (QED) is 0.111. The second-order valence-electron chi connectivity index (χ2n) is 10.4. The van der Waals surface area contributed by atoms with Gasteiger partial charge in [0.2, 0.25) is 0 Å². The van der Waals surface area contributed by atoms with Gasteiger partial charge in [-0.25, -0.2) is 8.42 Å². The standard InChI is InChI=1S/C32H36N2O11S.Na/c1-19-10-21(12-23(31(19)38)14-33-15-27(35)43-3)30(25-8-6-7-9-26(25)46(40,41)42)22-11-20(2)32(39)24(13-22)16-34(17-28(36)44-4)18-29(37)45-5;/h6-13,33,39H,14-18H2,1-5H3,(H,40,41,42);/q;+1/p-1/b30-21+;. The molecule has 15 heteroatoms. The van der Waals surface area contributed by atoms with E-state index in [4.69, 9.17) is 9.47 Å². The predicted octanol–water partition coefficient (Wildman–Crippen LogP) is -1.22. The fourth-order valence-corrected chi connectivity index (χ4v) is 5.57. The first-order valence-electron chi connectivity index (χ1n) is 13.9. The van der Waals surface area contributed by atoms with Crippen LogP contribution in [0.4, 0.5) is 0 Å². The van der Waals surface area contributed by atoms with Crippen molar-refractivity contribution in [1.29, 1.82) is 0 Å². The molecule has 0 radical (unpaired) electrons. The number of esters is 3. The van der Waals surface area contributed by atoms with Gasteiger partial charge in [-0.2, -0.15) is 0 Å². The van der Waals surface area contributed by atoms with Gasteiger partial charge in [-0.15, -0.1) is 0 Å². The van der Waals surface area contributed by atoms with Crippen molar-refractivity contribution < 1.29 is 81.0 Å². The number of aromatic hydroxyl groups is 1. The molecular formula is C32H35N2NaO11S. The number of nitrogens with zero attached hydrogens (tertiary/aromatic N) is 1. The molecule has 0 bridgehead atoms. The third-order valence-electron chi connectivity index (χ3n) is 7.10. The monoisotopic (exact) mass is 678 g/mol. The molecule has 0 amide bonds. The van der Waals surface area contributed by atoms with Crippen molar-refractivity contribution in [2.45, 2.75) is 25.3 Å². The van der Waals surface area contributed by atoms with Gasteiger partial charge >= 0.3 is 47.5 Å². The molecule has 0 heterocycles. The van der Waals surface area contributed by atoms with E-state index in [9.17, 15) is 37.3 Å². The molecule has 0 fully saturated rings. The Morgan fingerprint density at radius 3 is 2.11 bits per heavy atom. The summed E-state index contributed by atoms with van der Waals surface area (Å²) in [6.45, 7) is 2.25. The first-order valence-corrected chi connectivity index (χ1v) is 15.3. The number of carbonyl (C=O) groups excluding carboxylic acids is 4. The van der Waals surface area contributed by atoms with Gasteiger partial charge in [0.15, 0.2) is 5.78 Å². The van der Waals surface area contributed by atoms with Gasteiger partial charge in [-0.1, -0.05) is 18.2 Å². The number of phenolic OH excluding ortho intramolecular Hbond substituents is 1. The molecule has 0 unspecified atom stereocenters. The van der Waals surface area contributed by atoms with E-state index >= 15 is 0 Å². The average Bonchev–Trinajstić information content (AvgIpc) is 3.01. The number of rotatable bonds is 13. The smallest absolute Gasteiger partial charge is 0.744 e. The van der Waals surface area contributed by atoms with Gasteiger partial charge in [0.25, 0.3) is 0 Å². The van der Waals surface area contributed by atoms with Gasteiger partial charge in [0.05, 0.1) is 45.9 Å². The number of methoxy groups -OCH3 is 3. The summed E-state index contributed by atoms with van der Waals surface area (Å²) < 4.78 is 51.4. The van der Waals surface area contributed by atoms with Crippen molar-refractivity contribution in [3.63, 3.8) is 0 Å². The normalized spacial score (nSPS) is 14.1. The number of allylic oxidation sites excluding steroid dienone is 4. The third kappa shape index (κ3) is 10.4. The van der Waals surface area contributed by atoms with Crippen molar-refractivity contribution in [2.75, 3.05) is 47.5 Å². The molecule has 1 aliphatic rings. The minimum atomic E-state index is -4.99. The third-order valence-corrected chi connectivity index (χ3v) is 8.00. The summed E-state index contributed by atoms with van der Waals surface area (Å²) in [6, 6.07) is 8.73. The number of benzene rings is 2. The maximum absolute atomic E-state index is 13.1. The summed E-state index contributed by atoms with van der Waals surface area (Å²) in [5, 5.41) is 13.9. The molecule has 13 nitrogen and oxygen atoms in total. The zero-order chi connectivity index (χ0) is 34.2. The van der Waals surface area contributed by atoms with E-state index in [0.717, 1.165) is 0 Å². The molecule has 0 saturated carbocycles. The summed E-state index contributed by atoms with van der Waals surface area (Å²) in [7, 11) is -1.37. The molecule has 0 spiro atoms. The van der Waals surface area contributed by atoms with E-state index in [-0.39, 0.29) is 96.1 Å². The molecule has 1 aliphatic carbocycles. The molecule has 0 atom stereocenters. The Morgan fingerprint density at radius 1 is 0.936 bits per heavy atom. The van der Waals surface area contributed by atoms with Crippen LogP contribution in [0.15, 0.2) is 70.2 Å². The van der Waals surface area contributed by atoms with Gasteiger partial charge < -0.3 is 29.2 Å². The molecule has 0 aromatic heterocycles. The van der Waals surface area contributed by atoms with E-state index in [0.29, 0.717) is 22.3 Å². The van der Waals surface area contributed by atoms with Crippen LogP contribution in [0, 0.1) is 6.92 Å². The number of hydrogen-bond donors (Lipinski definition) is 2. The number of ketones is 1. The number of nitrogens with one attached hydrogen (secondary N) is 1. The topological polar surface area (TPSA) is 189 Å². The molecule has 47 heavy (non-hydrogen) atoms. The van der Waals surface area contributed by atoms with Crippen LogP contribution in [-0.4, -0.2) is 94.2 Å². The second kappa shape index (κ2) is 17.5. The van der Waals surface area contributed by atoms with Crippen LogP contribution in [0.1, 0.15) is 29.2 Å². The van der Waals surface area contributed by atoms with Gasteiger partial charge in [0, 0.05) is 29.8 Å². The Morgan fingerprint density at radius 2 is 1.53 bits per heavy atom. The summed E-state index contributed by atoms with van der Waals surface area (Å²) in [5.41, 5.74) is 2.23. The van der Waals surface area contributed by atoms with Crippen LogP contribution < -0.4 is 34.9 Å². The zero-order valence-electron chi connectivity index (χ0n) is 27.0. The minimum absolute atomic E-state index is 0. The van der Waals surface area contributed by atoms with Crippen LogP contribution in [0.2, 0.25) is 0 Å². The summed E-state index contributed by atoms with van der Waals surface area (Å²) in [4.78, 5) is 49.8. The summed E-state index contributed by atoms with van der Waals surface area (Å²) in [6.07, 6.45) is 3.09. The Kier molecular flexibility index (Phi) is 14.7. The first kappa shape index (κ1) is 39.5. The number of phenols is 1. The molecule has 246 valence electrons. The molecule has 2 aromatic carbocycles. The first-order chi connectivity index (χ1) is 21.7. The molecule has 2 N–H and O–H groups in total. The number of carbonyl (C=O) groups is 4. The second-order valence-corrected chi connectivity index (χ2v) is 11.7. The largest absolute Gasteiger partial charge is 1.00 e. The predicted molar refractivity (Wildman–Crippen MR) is 164 cm³/mol. The Hall–Kier alpha value is -3.63. The Balaban J connectivity index is 0.00000768. The number of ether oxygens (including phenoxy) is 3. The fraction of sp³-hybridized carbons (Fsp3) is 0.312. The van der Waals surface area contributed by atoms with E-state index in [1.165, 1.54) is 50.5 Å². The van der Waals surface area contributed by atoms with Crippen LogP contribution in [0.3, 0.4) is 0 Å². The zero-order valence-corrected chi connectivity index (χ0v) is 29.9. The van der Waals surface area contributed by atoms with Crippen molar-refractivity contribution >= 4 is 39.4 Å². The van der Waals surface area contributed by atoms with Crippen molar-refractivity contribution in [1.82, 2.24) is 10.2 Å². The van der Waals surface area contributed by atoms with E-state index in [2.05, 4.69) is 10.1 Å². The van der Waals surface area contributed by atoms with Gasteiger partial charge in [-0.05, 0) is 72.0 Å². The Labute approximate surface area is 295 Å². The van der Waals surface area contributed by atoms with Crippen LogP contribution in [-0.2, 0) is 50.1 Å². The maximum Gasteiger partial charge on any atom is 1.00 e. The van der Waals surface area contributed by atoms with E-state index < -0.39 is 32.9 Å². The van der Waals surface area contributed by atoms with E-state index in [1.807, 2.05) is 0 Å². The molecular weight excluding hydrogens is 643 g/mol. The van der Waals surface area contributed by atoms with Crippen molar-refractivity contribution in [3.05, 3.63) is 87.5 Å². The van der Waals surface area contributed by atoms with Crippen molar-refractivity contribution in [3.8, 4) is 5.75 Å². The van der Waals surface area contributed by atoms with E-state index in [1.54, 1.807) is 38.1 Å². The maximum atomic E-state index is 13.1. The molecule has 0 aliphatic heterocycles. The number of hydrogen-bond acceptors (Lipinski definition) is 13. The SMILES string of the molecule is COC(=O)CNCC1=C/C(=C(\c2cc(C)c(O)c(CN(CC(=O)OC)CC(=O)OC)c2)c2ccccc2S(=O)(=O)[O-])C=C(C)C1=O.[Na+]. The van der Waals surface area contributed by atoms with Crippen LogP contribution in [0.25, 0.3) is 5.57 Å². The van der Waals surface area contributed by atoms with Crippen molar-refractivity contribution in [2.24, 2.45) is 0 Å². The minimum Gasteiger partial charge on any atom is -0.744 e. The van der Waals surface area contributed by atoms with Crippen LogP contribution >= 0.6 is 0 Å².